The monoisotopic (exact) mass is 417 g/mol. The molecule has 1 heterocycles. The Morgan fingerprint density at radius 2 is 1.48 bits per heavy atom. The van der Waals surface area contributed by atoms with Crippen LogP contribution < -0.4 is 0 Å². The average molecular weight is 418 g/mol. The molecule has 0 aromatic heterocycles. The summed E-state index contributed by atoms with van der Waals surface area (Å²) in [6, 6.07) is 22.7. The van der Waals surface area contributed by atoms with Gasteiger partial charge in [0.2, 0.25) is 10.0 Å². The summed E-state index contributed by atoms with van der Waals surface area (Å²) >= 11 is 12.9. The van der Waals surface area contributed by atoms with E-state index < -0.39 is 21.1 Å². The zero-order chi connectivity index (χ0) is 19.2. The second-order valence-electron chi connectivity index (χ2n) is 6.61. The van der Waals surface area contributed by atoms with Gasteiger partial charge in [0.05, 0.1) is 10.9 Å². The minimum atomic E-state index is -3.80. The predicted octanol–water partition coefficient (Wildman–Crippen LogP) is 5.49. The van der Waals surface area contributed by atoms with Crippen LogP contribution in [0.4, 0.5) is 0 Å². The van der Waals surface area contributed by atoms with Crippen molar-refractivity contribution in [2.45, 2.75) is 22.9 Å². The van der Waals surface area contributed by atoms with Crippen molar-refractivity contribution in [1.82, 2.24) is 4.31 Å². The number of rotatable bonds is 4. The van der Waals surface area contributed by atoms with Crippen molar-refractivity contribution >= 4 is 33.2 Å². The van der Waals surface area contributed by atoms with Crippen molar-refractivity contribution in [3.63, 3.8) is 0 Å². The molecule has 0 radical (unpaired) electrons. The van der Waals surface area contributed by atoms with Gasteiger partial charge in [-0.25, -0.2) is 8.42 Å². The van der Waals surface area contributed by atoms with Gasteiger partial charge in [0, 0.05) is 5.02 Å². The van der Waals surface area contributed by atoms with Gasteiger partial charge in [0.25, 0.3) is 0 Å². The third-order valence-electron chi connectivity index (χ3n) is 4.79. The van der Waals surface area contributed by atoms with Crippen LogP contribution in [0.5, 0.6) is 0 Å². The average Bonchev–Trinajstić information content (AvgIpc) is 3.32. The van der Waals surface area contributed by atoms with E-state index in [-0.39, 0.29) is 4.90 Å². The number of alkyl halides is 1. The lowest BCUT2D eigenvalue weighted by Gasteiger charge is -2.11. The van der Waals surface area contributed by atoms with E-state index in [0.717, 1.165) is 16.7 Å². The quantitative estimate of drug-likeness (QED) is 0.319. The molecule has 3 nitrogen and oxygen atoms in total. The number of hydrogen-bond acceptors (Lipinski definition) is 2. The molecule has 27 heavy (non-hydrogen) atoms. The number of nitrogens with zero attached hydrogens (tertiary/aromatic N) is 1. The minimum Gasteiger partial charge on any atom is -0.207 e. The van der Waals surface area contributed by atoms with Crippen molar-refractivity contribution in [3.05, 3.63) is 101 Å². The van der Waals surface area contributed by atoms with Crippen molar-refractivity contribution in [1.29, 1.82) is 0 Å². The van der Waals surface area contributed by atoms with E-state index in [1.165, 1.54) is 16.4 Å². The summed E-state index contributed by atoms with van der Waals surface area (Å²) in [6.45, 7) is 1.99. The molecule has 1 aliphatic heterocycles. The van der Waals surface area contributed by atoms with Crippen LogP contribution in [0.15, 0.2) is 83.8 Å². The largest absolute Gasteiger partial charge is 0.245 e. The molecule has 3 aromatic rings. The topological polar surface area (TPSA) is 37.1 Å². The minimum absolute atomic E-state index is 0.169. The van der Waals surface area contributed by atoms with Crippen molar-refractivity contribution in [3.8, 4) is 0 Å². The highest BCUT2D eigenvalue weighted by Gasteiger charge is 2.69. The van der Waals surface area contributed by atoms with Gasteiger partial charge < -0.3 is 0 Å². The van der Waals surface area contributed by atoms with Crippen LogP contribution in [0.2, 0.25) is 5.02 Å². The predicted molar refractivity (Wildman–Crippen MR) is 108 cm³/mol. The molecule has 6 heteroatoms. The van der Waals surface area contributed by atoms with Gasteiger partial charge >= 0.3 is 0 Å². The normalized spacial score (nSPS) is 24.6. The second-order valence-corrected chi connectivity index (χ2v) is 9.43. The van der Waals surface area contributed by atoms with Crippen molar-refractivity contribution in [2.24, 2.45) is 0 Å². The van der Waals surface area contributed by atoms with Crippen LogP contribution in [-0.4, -0.2) is 12.7 Å². The molecule has 0 N–H and O–H groups in total. The number of hydrogen-bond donors (Lipinski definition) is 0. The van der Waals surface area contributed by atoms with Gasteiger partial charge in [-0.1, -0.05) is 83.4 Å². The standard InChI is InChI=1S/C21H17Cl2NO2S/c1-15-7-9-16(10-8-15)20-21(23,17-5-3-2-4-6-17)24(20)27(25,26)19-13-11-18(22)12-14-19/h2-14,20H,1H3. The van der Waals surface area contributed by atoms with E-state index >= 15 is 0 Å². The van der Waals surface area contributed by atoms with E-state index in [4.69, 9.17) is 23.2 Å². The first-order valence-corrected chi connectivity index (χ1v) is 10.7. The maximum Gasteiger partial charge on any atom is 0.245 e. The third kappa shape index (κ3) is 3.07. The summed E-state index contributed by atoms with van der Waals surface area (Å²) in [6.07, 6.45) is 0. The summed E-state index contributed by atoms with van der Waals surface area (Å²) in [7, 11) is -3.80. The summed E-state index contributed by atoms with van der Waals surface area (Å²) in [4.78, 5) is -0.989. The lowest BCUT2D eigenvalue weighted by molar-refractivity contribution is 0.542. The van der Waals surface area contributed by atoms with Gasteiger partial charge in [-0.3, -0.25) is 0 Å². The van der Waals surface area contributed by atoms with E-state index in [0.29, 0.717) is 5.02 Å². The third-order valence-corrected chi connectivity index (χ3v) is 7.64. The van der Waals surface area contributed by atoms with Gasteiger partial charge in [0.15, 0.2) is 5.00 Å². The summed E-state index contributed by atoms with van der Waals surface area (Å²) in [5.74, 6) is 0. The van der Waals surface area contributed by atoms with Crippen LogP contribution in [0.3, 0.4) is 0 Å². The lowest BCUT2D eigenvalue weighted by Crippen LogP contribution is -2.18. The molecule has 3 aromatic carbocycles. The van der Waals surface area contributed by atoms with Crippen LogP contribution in [0, 0.1) is 6.92 Å². The Morgan fingerprint density at radius 1 is 0.889 bits per heavy atom. The molecular weight excluding hydrogens is 401 g/mol. The number of benzene rings is 3. The van der Waals surface area contributed by atoms with Gasteiger partial charge in [-0.15, -0.1) is 0 Å². The SMILES string of the molecule is Cc1ccc(C2N(S(=O)(=O)c3ccc(Cl)cc3)C2(Cl)c2ccccc2)cc1. The molecule has 3 unspecified atom stereocenters. The molecule has 1 aliphatic rings. The van der Waals surface area contributed by atoms with Crippen LogP contribution in [0.25, 0.3) is 0 Å². The molecule has 3 atom stereocenters. The maximum absolute atomic E-state index is 13.3. The first-order chi connectivity index (χ1) is 12.8. The van der Waals surface area contributed by atoms with Crippen molar-refractivity contribution in [2.75, 3.05) is 0 Å². The fourth-order valence-electron chi connectivity index (χ4n) is 3.34. The van der Waals surface area contributed by atoms with E-state index in [9.17, 15) is 8.42 Å². The lowest BCUT2D eigenvalue weighted by atomic mass is 10.0. The molecule has 0 saturated carbocycles. The van der Waals surface area contributed by atoms with Gasteiger partial charge in [-0.05, 0) is 42.3 Å². The highest BCUT2D eigenvalue weighted by molar-refractivity contribution is 7.89. The molecule has 138 valence electrons. The first kappa shape index (κ1) is 18.5. The highest BCUT2D eigenvalue weighted by Crippen LogP contribution is 2.65. The number of sulfonamides is 1. The smallest absolute Gasteiger partial charge is 0.207 e. The van der Waals surface area contributed by atoms with E-state index in [1.54, 1.807) is 12.1 Å². The second kappa shape index (κ2) is 6.64. The van der Waals surface area contributed by atoms with Gasteiger partial charge in [0.1, 0.15) is 0 Å². The molecular formula is C21H17Cl2NO2S. The van der Waals surface area contributed by atoms with Crippen molar-refractivity contribution < 1.29 is 8.42 Å². The fourth-order valence-corrected chi connectivity index (χ4v) is 5.96. The molecule has 0 amide bonds. The maximum atomic E-state index is 13.3. The molecule has 0 spiro atoms. The Balaban J connectivity index is 1.83. The summed E-state index contributed by atoms with van der Waals surface area (Å²) in [5, 5.41) is 0.482. The molecule has 1 saturated heterocycles. The zero-order valence-electron chi connectivity index (χ0n) is 14.5. The number of halogens is 2. The Labute approximate surface area is 169 Å². The van der Waals surface area contributed by atoms with E-state index in [2.05, 4.69) is 0 Å². The Hall–Kier alpha value is -1.85. The van der Waals surface area contributed by atoms with Crippen LogP contribution in [0.1, 0.15) is 22.7 Å². The Kier molecular flexibility index (Phi) is 4.55. The van der Waals surface area contributed by atoms with Crippen LogP contribution in [-0.2, 0) is 15.0 Å². The Bertz CT molecular complexity index is 1070. The van der Waals surface area contributed by atoms with E-state index in [1.807, 2.05) is 61.5 Å². The highest BCUT2D eigenvalue weighted by atomic mass is 35.5. The fraction of sp³-hybridized carbons (Fsp3) is 0.143. The molecule has 0 bridgehead atoms. The van der Waals surface area contributed by atoms with Crippen LogP contribution >= 0.6 is 23.2 Å². The molecule has 0 aliphatic carbocycles. The van der Waals surface area contributed by atoms with Gasteiger partial charge in [-0.2, -0.15) is 4.31 Å². The zero-order valence-corrected chi connectivity index (χ0v) is 16.8. The Morgan fingerprint density at radius 3 is 2.07 bits per heavy atom. The summed E-state index contributed by atoms with van der Waals surface area (Å²) in [5.41, 5.74) is 2.71. The molecule has 4 rings (SSSR count). The summed E-state index contributed by atoms with van der Waals surface area (Å²) < 4.78 is 28.1. The first-order valence-electron chi connectivity index (χ1n) is 8.46. The molecule has 1 fully saturated rings. The number of aryl methyl sites for hydroxylation is 1.